The summed E-state index contributed by atoms with van der Waals surface area (Å²) in [5.41, 5.74) is 7.50. The lowest BCUT2D eigenvalue weighted by atomic mass is 10.0. The summed E-state index contributed by atoms with van der Waals surface area (Å²) >= 11 is 5.89. The number of likely N-dealkylation sites (tertiary alicyclic amines) is 1. The van der Waals surface area contributed by atoms with Crippen LogP contribution in [0.4, 0.5) is 0 Å². The molecule has 1 aliphatic heterocycles. The molecule has 0 bridgehead atoms. The Morgan fingerprint density at radius 2 is 1.85 bits per heavy atom. The van der Waals surface area contributed by atoms with Gasteiger partial charge in [-0.1, -0.05) is 23.7 Å². The molecule has 0 aromatic heterocycles. The fraction of sp³-hybridized carbons (Fsp3) is 0.350. The normalized spacial score (nSPS) is 15.0. The second kappa shape index (κ2) is 8.43. The van der Waals surface area contributed by atoms with E-state index < -0.39 is 0 Å². The predicted octanol–water partition coefficient (Wildman–Crippen LogP) is 3.49. The number of rotatable bonds is 5. The molecule has 0 spiro atoms. The summed E-state index contributed by atoms with van der Waals surface area (Å²) in [4.78, 5) is 14.5. The van der Waals surface area contributed by atoms with Gasteiger partial charge in [-0.2, -0.15) is 0 Å². The molecule has 2 aromatic rings. The van der Waals surface area contributed by atoms with Crippen molar-refractivity contribution in [2.75, 3.05) is 20.2 Å². The summed E-state index contributed by atoms with van der Waals surface area (Å²) in [5.74, 6) is 1.14. The summed E-state index contributed by atoms with van der Waals surface area (Å²) in [7, 11) is 1.57. The standard InChI is InChI=1S/C20H23ClN2O3/c1-25-19-12-15(20(24)23-10-8-17(22)9-11-23)4-7-18(19)26-13-14-2-5-16(21)6-3-14/h2-7,12,17H,8-11,13,22H2,1H3. The number of hydrogen-bond acceptors (Lipinski definition) is 4. The topological polar surface area (TPSA) is 64.8 Å². The van der Waals surface area contributed by atoms with Crippen LogP contribution >= 0.6 is 11.6 Å². The minimum Gasteiger partial charge on any atom is -0.493 e. The first-order chi connectivity index (χ1) is 12.6. The molecule has 0 aliphatic carbocycles. The van der Waals surface area contributed by atoms with Gasteiger partial charge in [0.05, 0.1) is 7.11 Å². The van der Waals surface area contributed by atoms with E-state index in [1.807, 2.05) is 29.2 Å². The SMILES string of the molecule is COc1cc(C(=O)N2CCC(N)CC2)ccc1OCc1ccc(Cl)cc1. The summed E-state index contributed by atoms with van der Waals surface area (Å²) in [6.07, 6.45) is 1.68. The van der Waals surface area contributed by atoms with Gasteiger partial charge in [-0.15, -0.1) is 0 Å². The van der Waals surface area contributed by atoms with Crippen LogP contribution in [0.25, 0.3) is 0 Å². The molecule has 2 aromatic carbocycles. The van der Waals surface area contributed by atoms with Gasteiger partial charge in [0.2, 0.25) is 0 Å². The zero-order valence-electron chi connectivity index (χ0n) is 14.8. The number of amides is 1. The first-order valence-electron chi connectivity index (χ1n) is 8.67. The number of carbonyl (C=O) groups excluding carboxylic acids is 1. The van der Waals surface area contributed by atoms with Gasteiger partial charge in [-0.3, -0.25) is 4.79 Å². The Bertz CT molecular complexity index is 756. The van der Waals surface area contributed by atoms with Gasteiger partial charge in [0.25, 0.3) is 5.91 Å². The maximum absolute atomic E-state index is 12.7. The van der Waals surface area contributed by atoms with Gasteiger partial charge in [0.15, 0.2) is 11.5 Å². The van der Waals surface area contributed by atoms with E-state index in [4.69, 9.17) is 26.8 Å². The van der Waals surface area contributed by atoms with Gasteiger partial charge < -0.3 is 20.1 Å². The Kier molecular flexibility index (Phi) is 6.01. The van der Waals surface area contributed by atoms with Crippen LogP contribution < -0.4 is 15.2 Å². The minimum absolute atomic E-state index is 0.000508. The first kappa shape index (κ1) is 18.5. The van der Waals surface area contributed by atoms with E-state index in [9.17, 15) is 4.79 Å². The zero-order chi connectivity index (χ0) is 18.5. The first-order valence-corrected chi connectivity index (χ1v) is 9.05. The number of ether oxygens (including phenoxy) is 2. The van der Waals surface area contributed by atoms with Crippen molar-refractivity contribution < 1.29 is 14.3 Å². The van der Waals surface area contributed by atoms with Crippen LogP contribution in [0.3, 0.4) is 0 Å². The molecule has 0 atom stereocenters. The molecule has 1 amide bonds. The van der Waals surface area contributed by atoms with E-state index in [0.717, 1.165) is 18.4 Å². The lowest BCUT2D eigenvalue weighted by Gasteiger charge is -2.30. The second-order valence-corrected chi connectivity index (χ2v) is 6.85. The summed E-state index contributed by atoms with van der Waals surface area (Å²) in [6.45, 7) is 1.78. The minimum atomic E-state index is -0.000508. The lowest BCUT2D eigenvalue weighted by Crippen LogP contribution is -2.42. The molecule has 0 unspecified atom stereocenters. The van der Waals surface area contributed by atoms with Crippen molar-refractivity contribution in [3.05, 3.63) is 58.6 Å². The number of halogens is 1. The quantitative estimate of drug-likeness (QED) is 0.870. The molecule has 26 heavy (non-hydrogen) atoms. The van der Waals surface area contributed by atoms with E-state index in [-0.39, 0.29) is 11.9 Å². The largest absolute Gasteiger partial charge is 0.493 e. The summed E-state index contributed by atoms with van der Waals surface area (Å²) < 4.78 is 11.2. The van der Waals surface area contributed by atoms with Crippen molar-refractivity contribution in [2.45, 2.75) is 25.5 Å². The van der Waals surface area contributed by atoms with Crippen molar-refractivity contribution in [1.82, 2.24) is 4.90 Å². The van der Waals surface area contributed by atoms with E-state index in [2.05, 4.69) is 0 Å². The predicted molar refractivity (Wildman–Crippen MR) is 102 cm³/mol. The average Bonchev–Trinajstić information content (AvgIpc) is 2.67. The lowest BCUT2D eigenvalue weighted by molar-refractivity contribution is 0.0714. The molecule has 1 heterocycles. The summed E-state index contributed by atoms with van der Waals surface area (Å²) in [6, 6.07) is 12.9. The molecule has 1 aliphatic rings. The Morgan fingerprint density at radius 1 is 1.15 bits per heavy atom. The molecule has 138 valence electrons. The van der Waals surface area contributed by atoms with E-state index in [1.165, 1.54) is 0 Å². The van der Waals surface area contributed by atoms with Crippen molar-refractivity contribution in [3.63, 3.8) is 0 Å². The highest BCUT2D eigenvalue weighted by molar-refractivity contribution is 6.30. The van der Waals surface area contributed by atoms with Crippen LogP contribution in [0, 0.1) is 0 Å². The third-order valence-electron chi connectivity index (χ3n) is 4.55. The number of nitrogens with two attached hydrogens (primary N) is 1. The molecular formula is C20H23ClN2O3. The zero-order valence-corrected chi connectivity index (χ0v) is 15.5. The number of carbonyl (C=O) groups is 1. The number of piperidine rings is 1. The second-order valence-electron chi connectivity index (χ2n) is 6.41. The van der Waals surface area contributed by atoms with Gasteiger partial charge in [-0.25, -0.2) is 0 Å². The highest BCUT2D eigenvalue weighted by Crippen LogP contribution is 2.29. The molecular weight excluding hydrogens is 352 g/mol. The van der Waals surface area contributed by atoms with Crippen LogP contribution in [0.5, 0.6) is 11.5 Å². The van der Waals surface area contributed by atoms with Gasteiger partial charge in [-0.05, 0) is 48.7 Å². The Balaban J connectivity index is 1.68. The third-order valence-corrected chi connectivity index (χ3v) is 4.80. The van der Waals surface area contributed by atoms with E-state index >= 15 is 0 Å². The van der Waals surface area contributed by atoms with Crippen LogP contribution in [-0.2, 0) is 6.61 Å². The number of benzene rings is 2. The van der Waals surface area contributed by atoms with Crippen LogP contribution in [0.2, 0.25) is 5.02 Å². The fourth-order valence-electron chi connectivity index (χ4n) is 2.95. The third kappa shape index (κ3) is 4.48. The molecule has 3 rings (SSSR count). The fourth-order valence-corrected chi connectivity index (χ4v) is 3.07. The number of methoxy groups -OCH3 is 1. The average molecular weight is 375 g/mol. The molecule has 0 saturated carbocycles. The van der Waals surface area contributed by atoms with E-state index in [0.29, 0.717) is 41.8 Å². The Hall–Kier alpha value is -2.24. The van der Waals surface area contributed by atoms with Crippen LogP contribution in [-0.4, -0.2) is 37.0 Å². The van der Waals surface area contributed by atoms with Gasteiger partial charge in [0.1, 0.15) is 6.61 Å². The number of hydrogen-bond donors (Lipinski definition) is 1. The van der Waals surface area contributed by atoms with Crippen molar-refractivity contribution in [3.8, 4) is 11.5 Å². The maximum Gasteiger partial charge on any atom is 0.253 e. The van der Waals surface area contributed by atoms with E-state index in [1.54, 1.807) is 25.3 Å². The molecule has 6 heteroatoms. The van der Waals surface area contributed by atoms with Gasteiger partial charge in [0, 0.05) is 29.7 Å². The van der Waals surface area contributed by atoms with Gasteiger partial charge >= 0.3 is 0 Å². The molecule has 2 N–H and O–H groups in total. The molecule has 1 saturated heterocycles. The smallest absolute Gasteiger partial charge is 0.253 e. The molecule has 5 nitrogen and oxygen atoms in total. The summed E-state index contributed by atoms with van der Waals surface area (Å²) in [5, 5.41) is 0.688. The van der Waals surface area contributed by atoms with Crippen LogP contribution in [0.15, 0.2) is 42.5 Å². The molecule has 1 fully saturated rings. The van der Waals surface area contributed by atoms with Crippen molar-refractivity contribution in [1.29, 1.82) is 0 Å². The maximum atomic E-state index is 12.7. The Labute approximate surface area is 158 Å². The van der Waals surface area contributed by atoms with Crippen molar-refractivity contribution in [2.24, 2.45) is 5.73 Å². The van der Waals surface area contributed by atoms with Crippen LogP contribution in [0.1, 0.15) is 28.8 Å². The number of nitrogens with zero attached hydrogens (tertiary/aromatic N) is 1. The molecule has 0 radical (unpaired) electrons. The Morgan fingerprint density at radius 3 is 2.50 bits per heavy atom. The van der Waals surface area contributed by atoms with Crippen molar-refractivity contribution >= 4 is 17.5 Å². The monoisotopic (exact) mass is 374 g/mol. The highest BCUT2D eigenvalue weighted by atomic mass is 35.5. The highest BCUT2D eigenvalue weighted by Gasteiger charge is 2.22.